The molecule has 1 N–H and O–H groups in total. The number of carbonyl (C=O) groups is 1. The van der Waals surface area contributed by atoms with Gasteiger partial charge in [0.2, 0.25) is 0 Å². The lowest BCUT2D eigenvalue weighted by Crippen LogP contribution is -2.28. The smallest absolute Gasteiger partial charge is 0.255 e. The van der Waals surface area contributed by atoms with E-state index < -0.39 is 0 Å². The minimum atomic E-state index is 0.0419. The zero-order chi connectivity index (χ0) is 12.0. The number of anilines is 1. The second-order valence-electron chi connectivity index (χ2n) is 3.68. The Morgan fingerprint density at radius 3 is 2.88 bits per heavy atom. The summed E-state index contributed by atoms with van der Waals surface area (Å²) in [6.07, 6.45) is 4.30. The number of pyridine rings is 1. The maximum atomic E-state index is 12.1. The molecule has 0 spiro atoms. The Hall–Kier alpha value is -1.58. The first-order valence-corrected chi connectivity index (χ1v) is 5.64. The first-order chi connectivity index (χ1) is 7.70. The van der Waals surface area contributed by atoms with Gasteiger partial charge >= 0.3 is 0 Å². The largest absolute Gasteiger partial charge is 0.383 e. The fraction of sp³-hybridized carbons (Fsp3) is 0.500. The number of amides is 1. The Morgan fingerprint density at radius 1 is 1.50 bits per heavy atom. The third kappa shape index (κ3) is 2.95. The van der Waals surface area contributed by atoms with Crippen molar-refractivity contribution in [2.45, 2.75) is 20.3 Å². The molecular weight excluding hydrogens is 202 g/mol. The molecule has 0 saturated carbocycles. The van der Waals surface area contributed by atoms with Crippen LogP contribution < -0.4 is 5.32 Å². The summed E-state index contributed by atoms with van der Waals surface area (Å²) in [6, 6.07) is 1.76. The highest BCUT2D eigenvalue weighted by Gasteiger charge is 2.14. The highest BCUT2D eigenvalue weighted by molar-refractivity contribution is 5.99. The van der Waals surface area contributed by atoms with Crippen LogP contribution >= 0.6 is 0 Å². The summed E-state index contributed by atoms with van der Waals surface area (Å²) in [5.41, 5.74) is 1.49. The Bertz CT molecular complexity index is 352. The maximum absolute atomic E-state index is 12.1. The molecule has 0 aliphatic carbocycles. The van der Waals surface area contributed by atoms with Gasteiger partial charge in [-0.15, -0.1) is 0 Å². The predicted octanol–water partition coefficient (Wildman–Crippen LogP) is 2.00. The number of carbonyl (C=O) groups excluding carboxylic acids is 1. The van der Waals surface area contributed by atoms with Crippen molar-refractivity contribution in [2.24, 2.45) is 0 Å². The molecule has 1 aromatic heterocycles. The van der Waals surface area contributed by atoms with Crippen molar-refractivity contribution in [3.63, 3.8) is 0 Å². The number of rotatable bonds is 5. The zero-order valence-corrected chi connectivity index (χ0v) is 10.2. The Balaban J connectivity index is 2.89. The van der Waals surface area contributed by atoms with E-state index in [0.717, 1.165) is 25.2 Å². The molecule has 0 unspecified atom stereocenters. The Labute approximate surface area is 96.7 Å². The van der Waals surface area contributed by atoms with E-state index >= 15 is 0 Å². The second-order valence-corrected chi connectivity index (χ2v) is 3.68. The standard InChI is InChI=1S/C12H19N3O/c1-4-8-15(3)12(16)10-6-7-13-9-11(10)14-5-2/h6-7,9,14H,4-5,8H2,1-3H3. The number of hydrogen-bond donors (Lipinski definition) is 1. The van der Waals surface area contributed by atoms with Crippen LogP contribution in [0.2, 0.25) is 0 Å². The van der Waals surface area contributed by atoms with Crippen LogP contribution in [-0.2, 0) is 0 Å². The average molecular weight is 221 g/mol. The van der Waals surface area contributed by atoms with Crippen LogP contribution in [0.1, 0.15) is 30.6 Å². The maximum Gasteiger partial charge on any atom is 0.255 e. The number of nitrogens with zero attached hydrogens (tertiary/aromatic N) is 2. The molecule has 88 valence electrons. The Kier molecular flexibility index (Phi) is 4.76. The topological polar surface area (TPSA) is 45.2 Å². The molecule has 0 saturated heterocycles. The highest BCUT2D eigenvalue weighted by atomic mass is 16.2. The highest BCUT2D eigenvalue weighted by Crippen LogP contribution is 2.15. The van der Waals surface area contributed by atoms with Gasteiger partial charge in [-0.1, -0.05) is 6.92 Å². The predicted molar refractivity (Wildman–Crippen MR) is 65.7 cm³/mol. The summed E-state index contributed by atoms with van der Waals surface area (Å²) in [5.74, 6) is 0.0419. The first-order valence-electron chi connectivity index (χ1n) is 5.64. The molecule has 1 heterocycles. The van der Waals surface area contributed by atoms with Gasteiger partial charge in [0.25, 0.3) is 5.91 Å². The normalized spacial score (nSPS) is 9.94. The van der Waals surface area contributed by atoms with Crippen LogP contribution in [0.3, 0.4) is 0 Å². The molecule has 0 aliphatic rings. The molecule has 0 bridgehead atoms. The summed E-state index contributed by atoms with van der Waals surface area (Å²) in [7, 11) is 1.82. The van der Waals surface area contributed by atoms with Crippen LogP contribution in [0, 0.1) is 0 Å². The van der Waals surface area contributed by atoms with Crippen molar-refractivity contribution < 1.29 is 4.79 Å². The molecule has 0 atom stereocenters. The van der Waals surface area contributed by atoms with Crippen molar-refractivity contribution >= 4 is 11.6 Å². The zero-order valence-electron chi connectivity index (χ0n) is 10.2. The van der Waals surface area contributed by atoms with E-state index in [1.165, 1.54) is 0 Å². The van der Waals surface area contributed by atoms with Gasteiger partial charge in [0.15, 0.2) is 0 Å². The van der Waals surface area contributed by atoms with Crippen LogP contribution in [0.4, 0.5) is 5.69 Å². The number of aromatic nitrogens is 1. The third-order valence-electron chi connectivity index (χ3n) is 2.32. The molecule has 0 radical (unpaired) electrons. The summed E-state index contributed by atoms with van der Waals surface area (Å²) in [6.45, 7) is 5.61. The van der Waals surface area contributed by atoms with Gasteiger partial charge in [0.1, 0.15) is 0 Å². The average Bonchev–Trinajstić information content (AvgIpc) is 2.29. The van der Waals surface area contributed by atoms with E-state index in [1.807, 2.05) is 14.0 Å². The van der Waals surface area contributed by atoms with Crippen LogP contribution in [0.15, 0.2) is 18.5 Å². The van der Waals surface area contributed by atoms with E-state index in [4.69, 9.17) is 0 Å². The molecule has 0 fully saturated rings. The van der Waals surface area contributed by atoms with Gasteiger partial charge in [0.05, 0.1) is 17.4 Å². The molecule has 1 rings (SSSR count). The van der Waals surface area contributed by atoms with Crippen LogP contribution in [-0.4, -0.2) is 35.9 Å². The van der Waals surface area contributed by atoms with Gasteiger partial charge in [0, 0.05) is 26.3 Å². The molecule has 0 aromatic carbocycles. The van der Waals surface area contributed by atoms with Gasteiger partial charge < -0.3 is 10.2 Å². The van der Waals surface area contributed by atoms with E-state index in [-0.39, 0.29) is 5.91 Å². The Morgan fingerprint density at radius 2 is 2.25 bits per heavy atom. The lowest BCUT2D eigenvalue weighted by molar-refractivity contribution is 0.0796. The minimum Gasteiger partial charge on any atom is -0.383 e. The minimum absolute atomic E-state index is 0.0419. The molecule has 1 amide bonds. The van der Waals surface area contributed by atoms with Gasteiger partial charge in [-0.25, -0.2) is 0 Å². The molecular formula is C12H19N3O. The van der Waals surface area contributed by atoms with Crippen molar-refractivity contribution in [1.29, 1.82) is 0 Å². The van der Waals surface area contributed by atoms with Crippen molar-refractivity contribution in [2.75, 3.05) is 25.5 Å². The van der Waals surface area contributed by atoms with Crippen LogP contribution in [0.5, 0.6) is 0 Å². The molecule has 16 heavy (non-hydrogen) atoms. The van der Waals surface area contributed by atoms with E-state index in [9.17, 15) is 4.79 Å². The monoisotopic (exact) mass is 221 g/mol. The summed E-state index contributed by atoms with van der Waals surface area (Å²) >= 11 is 0. The van der Waals surface area contributed by atoms with Crippen molar-refractivity contribution in [3.05, 3.63) is 24.0 Å². The van der Waals surface area contributed by atoms with Gasteiger partial charge in [-0.3, -0.25) is 9.78 Å². The molecule has 0 aliphatic heterocycles. The first kappa shape index (κ1) is 12.5. The van der Waals surface area contributed by atoms with Gasteiger partial charge in [-0.2, -0.15) is 0 Å². The second kappa shape index (κ2) is 6.10. The summed E-state index contributed by atoms with van der Waals surface area (Å²) in [4.78, 5) is 17.8. The molecule has 1 aromatic rings. The van der Waals surface area contributed by atoms with E-state index in [1.54, 1.807) is 23.4 Å². The fourth-order valence-corrected chi connectivity index (χ4v) is 1.55. The molecule has 4 nitrogen and oxygen atoms in total. The lowest BCUT2D eigenvalue weighted by atomic mass is 10.2. The molecule has 4 heteroatoms. The van der Waals surface area contributed by atoms with Gasteiger partial charge in [-0.05, 0) is 19.4 Å². The lowest BCUT2D eigenvalue weighted by Gasteiger charge is -2.18. The third-order valence-corrected chi connectivity index (χ3v) is 2.32. The van der Waals surface area contributed by atoms with E-state index in [0.29, 0.717) is 5.56 Å². The number of hydrogen-bond acceptors (Lipinski definition) is 3. The number of nitrogens with one attached hydrogen (secondary N) is 1. The SMILES string of the molecule is CCCN(C)C(=O)c1ccncc1NCC. The van der Waals surface area contributed by atoms with Crippen molar-refractivity contribution in [3.8, 4) is 0 Å². The van der Waals surface area contributed by atoms with Crippen molar-refractivity contribution in [1.82, 2.24) is 9.88 Å². The summed E-state index contributed by atoms with van der Waals surface area (Å²) in [5, 5.41) is 3.14. The fourth-order valence-electron chi connectivity index (χ4n) is 1.55. The quantitative estimate of drug-likeness (QED) is 0.827. The van der Waals surface area contributed by atoms with Crippen LogP contribution in [0.25, 0.3) is 0 Å². The van der Waals surface area contributed by atoms with E-state index in [2.05, 4.69) is 17.2 Å². The summed E-state index contributed by atoms with van der Waals surface area (Å²) < 4.78 is 0.